The Hall–Kier alpha value is -2.15. The molecular formula is C14H18N2O5. The molecule has 0 aromatic carbocycles. The Morgan fingerprint density at radius 2 is 2.43 bits per heavy atom. The van der Waals surface area contributed by atoms with Gasteiger partial charge in [0.2, 0.25) is 5.91 Å². The minimum Gasteiger partial charge on any atom is -0.460 e. The van der Waals surface area contributed by atoms with Crippen molar-refractivity contribution in [2.45, 2.75) is 31.9 Å². The summed E-state index contributed by atoms with van der Waals surface area (Å²) in [4.78, 5) is 25.5. The molecule has 0 aliphatic carbocycles. The number of aliphatic hydroxyl groups excluding tert-OH is 1. The molecule has 0 spiro atoms. The van der Waals surface area contributed by atoms with E-state index >= 15 is 0 Å². The number of ether oxygens (including phenoxy) is 1. The van der Waals surface area contributed by atoms with Crippen LogP contribution in [-0.2, 0) is 20.7 Å². The van der Waals surface area contributed by atoms with Gasteiger partial charge in [0.15, 0.2) is 0 Å². The number of carbonyl (C=O) groups is 2. The van der Waals surface area contributed by atoms with E-state index in [4.69, 9.17) is 9.26 Å². The first-order valence-electron chi connectivity index (χ1n) is 6.68. The van der Waals surface area contributed by atoms with Crippen molar-refractivity contribution in [1.29, 1.82) is 0 Å². The molecule has 1 aromatic heterocycles. The van der Waals surface area contributed by atoms with Gasteiger partial charge in [0.05, 0.1) is 18.2 Å². The van der Waals surface area contributed by atoms with E-state index in [-0.39, 0.29) is 31.9 Å². The molecule has 0 bridgehead atoms. The van der Waals surface area contributed by atoms with Gasteiger partial charge in [-0.3, -0.25) is 4.79 Å². The maximum Gasteiger partial charge on any atom is 0.329 e. The number of hydrogen-bond donors (Lipinski definition) is 1. The lowest BCUT2D eigenvalue weighted by molar-refractivity contribution is -0.152. The zero-order valence-corrected chi connectivity index (χ0v) is 11.8. The lowest BCUT2D eigenvalue weighted by Gasteiger charge is -2.22. The third kappa shape index (κ3) is 3.69. The molecule has 114 valence electrons. The van der Waals surface area contributed by atoms with Crippen molar-refractivity contribution in [2.24, 2.45) is 0 Å². The number of aliphatic hydroxyl groups is 1. The molecule has 1 aromatic rings. The molecule has 1 aliphatic rings. The first kappa shape index (κ1) is 15.2. The number of rotatable bonds is 5. The zero-order valence-electron chi connectivity index (χ0n) is 11.8. The molecule has 0 saturated carbocycles. The number of esters is 1. The van der Waals surface area contributed by atoms with E-state index in [0.29, 0.717) is 11.5 Å². The molecule has 1 amide bonds. The summed E-state index contributed by atoms with van der Waals surface area (Å²) < 4.78 is 9.95. The Kier molecular flexibility index (Phi) is 4.74. The number of likely N-dealkylation sites (tertiary alicyclic amines) is 1. The van der Waals surface area contributed by atoms with Crippen molar-refractivity contribution >= 4 is 11.9 Å². The normalized spacial score (nSPS) is 21.3. The highest BCUT2D eigenvalue weighted by molar-refractivity contribution is 5.86. The fraction of sp³-hybridized carbons (Fsp3) is 0.500. The Balaban J connectivity index is 2.02. The van der Waals surface area contributed by atoms with Gasteiger partial charge >= 0.3 is 5.97 Å². The summed E-state index contributed by atoms with van der Waals surface area (Å²) in [5.41, 5.74) is 0.682. The average Bonchev–Trinajstić information content (AvgIpc) is 3.02. The van der Waals surface area contributed by atoms with Crippen LogP contribution in [0.3, 0.4) is 0 Å². The van der Waals surface area contributed by atoms with Crippen LogP contribution < -0.4 is 0 Å². The van der Waals surface area contributed by atoms with Gasteiger partial charge in [0.25, 0.3) is 0 Å². The van der Waals surface area contributed by atoms with E-state index in [9.17, 15) is 14.7 Å². The van der Waals surface area contributed by atoms with Gasteiger partial charge in [-0.2, -0.15) is 0 Å². The van der Waals surface area contributed by atoms with E-state index in [1.54, 1.807) is 13.0 Å². The highest BCUT2D eigenvalue weighted by atomic mass is 16.5. The van der Waals surface area contributed by atoms with Crippen LogP contribution in [0.15, 0.2) is 23.2 Å². The number of hydrogen-bond acceptors (Lipinski definition) is 6. The second kappa shape index (κ2) is 6.53. The second-order valence-corrected chi connectivity index (χ2v) is 4.98. The number of β-amino-alcohol motifs (C(OH)–C–C–N with tert-alkyl or cyclic N) is 1. The maximum absolute atomic E-state index is 12.3. The lowest BCUT2D eigenvalue weighted by Crippen LogP contribution is -2.42. The minimum atomic E-state index is -0.767. The molecule has 2 rings (SSSR count). The summed E-state index contributed by atoms with van der Waals surface area (Å²) in [5.74, 6) is -0.408. The predicted octanol–water partition coefficient (Wildman–Crippen LogP) is 0.217. The van der Waals surface area contributed by atoms with Crippen LogP contribution in [0.25, 0.3) is 0 Å². The third-order valence-corrected chi connectivity index (χ3v) is 3.22. The Morgan fingerprint density at radius 1 is 1.67 bits per heavy atom. The van der Waals surface area contributed by atoms with Gasteiger partial charge in [0, 0.05) is 19.0 Å². The van der Waals surface area contributed by atoms with Crippen molar-refractivity contribution in [3.8, 4) is 0 Å². The fourth-order valence-electron chi connectivity index (χ4n) is 2.30. The van der Waals surface area contributed by atoms with E-state index in [1.807, 2.05) is 0 Å². The van der Waals surface area contributed by atoms with Crippen LogP contribution in [0, 0.1) is 6.92 Å². The molecule has 0 unspecified atom stereocenters. The Labute approximate surface area is 122 Å². The van der Waals surface area contributed by atoms with E-state index in [2.05, 4.69) is 11.7 Å². The first-order valence-corrected chi connectivity index (χ1v) is 6.68. The van der Waals surface area contributed by atoms with Crippen LogP contribution in [0.2, 0.25) is 0 Å². The molecular weight excluding hydrogens is 276 g/mol. The van der Waals surface area contributed by atoms with E-state index in [0.717, 1.165) is 0 Å². The Morgan fingerprint density at radius 3 is 3.05 bits per heavy atom. The van der Waals surface area contributed by atoms with Crippen molar-refractivity contribution < 1.29 is 24.0 Å². The van der Waals surface area contributed by atoms with Crippen LogP contribution in [0.1, 0.15) is 17.9 Å². The molecule has 1 aliphatic heterocycles. The van der Waals surface area contributed by atoms with Gasteiger partial charge in [0.1, 0.15) is 18.4 Å². The van der Waals surface area contributed by atoms with Crippen molar-refractivity contribution in [3.05, 3.63) is 30.2 Å². The Bertz CT molecular complexity index is 539. The summed E-state index contributed by atoms with van der Waals surface area (Å²) in [6, 6.07) is 0.895. The highest BCUT2D eigenvalue weighted by Gasteiger charge is 2.39. The maximum atomic E-state index is 12.3. The highest BCUT2D eigenvalue weighted by Crippen LogP contribution is 2.20. The molecule has 2 atom stereocenters. The predicted molar refractivity (Wildman–Crippen MR) is 72.2 cm³/mol. The summed E-state index contributed by atoms with van der Waals surface area (Å²) >= 11 is 0. The third-order valence-electron chi connectivity index (χ3n) is 3.22. The summed E-state index contributed by atoms with van der Waals surface area (Å²) in [5, 5.41) is 13.4. The van der Waals surface area contributed by atoms with Gasteiger partial charge in [-0.15, -0.1) is 0 Å². The summed E-state index contributed by atoms with van der Waals surface area (Å²) in [6.07, 6.45) is 0.898. The van der Waals surface area contributed by atoms with Gasteiger partial charge in [-0.1, -0.05) is 17.8 Å². The van der Waals surface area contributed by atoms with E-state index in [1.165, 1.54) is 11.0 Å². The molecule has 1 saturated heterocycles. The molecule has 1 fully saturated rings. The molecule has 7 heteroatoms. The molecule has 7 nitrogen and oxygen atoms in total. The number of carbonyl (C=O) groups excluding carboxylic acids is 2. The summed E-state index contributed by atoms with van der Waals surface area (Å²) in [6.45, 7) is 5.41. The van der Waals surface area contributed by atoms with Crippen LogP contribution >= 0.6 is 0 Å². The average molecular weight is 294 g/mol. The zero-order chi connectivity index (χ0) is 15.4. The largest absolute Gasteiger partial charge is 0.460 e. The van der Waals surface area contributed by atoms with Gasteiger partial charge in [-0.05, 0) is 6.92 Å². The first-order chi connectivity index (χ1) is 10.0. The number of aromatic nitrogens is 1. The van der Waals surface area contributed by atoms with E-state index < -0.39 is 18.1 Å². The topological polar surface area (TPSA) is 92.9 Å². The number of amides is 1. The van der Waals surface area contributed by atoms with Gasteiger partial charge < -0.3 is 19.3 Å². The minimum absolute atomic E-state index is 0.00119. The molecule has 2 heterocycles. The number of nitrogens with zero attached hydrogens (tertiary/aromatic N) is 2. The van der Waals surface area contributed by atoms with Gasteiger partial charge in [-0.25, -0.2) is 4.79 Å². The quantitative estimate of drug-likeness (QED) is 0.616. The van der Waals surface area contributed by atoms with Crippen molar-refractivity contribution in [1.82, 2.24) is 10.1 Å². The van der Waals surface area contributed by atoms with Crippen LogP contribution in [0.4, 0.5) is 0 Å². The van der Waals surface area contributed by atoms with Crippen molar-refractivity contribution in [3.63, 3.8) is 0 Å². The molecule has 21 heavy (non-hydrogen) atoms. The van der Waals surface area contributed by atoms with Crippen LogP contribution in [0.5, 0.6) is 0 Å². The molecule has 0 radical (unpaired) electrons. The molecule has 1 N–H and O–H groups in total. The lowest BCUT2D eigenvalue weighted by atomic mass is 10.2. The second-order valence-electron chi connectivity index (χ2n) is 4.98. The standard InChI is InChI=1S/C14H18N2O5/c1-3-4-20-14(19)12-6-10(17)8-16(12)13(18)7-11-5-9(2)15-21-11/h3,5,10,12,17H,1,4,6-8H2,2H3/t10-,12+/m1/s1. The van der Waals surface area contributed by atoms with Crippen LogP contribution in [-0.4, -0.2) is 52.3 Å². The smallest absolute Gasteiger partial charge is 0.329 e. The monoisotopic (exact) mass is 294 g/mol. The summed E-state index contributed by atoms with van der Waals surface area (Å²) in [7, 11) is 0. The van der Waals surface area contributed by atoms with Crippen molar-refractivity contribution in [2.75, 3.05) is 13.2 Å². The fourth-order valence-corrected chi connectivity index (χ4v) is 2.30. The number of aryl methyl sites for hydroxylation is 1. The SMILES string of the molecule is C=CCOC(=O)[C@@H]1C[C@@H](O)CN1C(=O)Cc1cc(C)no1.